The Labute approximate surface area is 152 Å². The van der Waals surface area contributed by atoms with Crippen LogP contribution in [0, 0.1) is 18.6 Å². The second kappa shape index (κ2) is 6.73. The molecular formula is C19H15F2N5O. The van der Waals surface area contributed by atoms with E-state index in [1.165, 1.54) is 18.2 Å². The molecule has 0 saturated carbocycles. The van der Waals surface area contributed by atoms with Gasteiger partial charge in [0.05, 0.1) is 17.8 Å². The van der Waals surface area contributed by atoms with E-state index in [4.69, 9.17) is 0 Å². The predicted octanol–water partition coefficient (Wildman–Crippen LogP) is 3.84. The van der Waals surface area contributed by atoms with Crippen LogP contribution < -0.4 is 5.32 Å². The highest BCUT2D eigenvalue weighted by molar-refractivity contribution is 5.92. The van der Waals surface area contributed by atoms with Gasteiger partial charge in [0.2, 0.25) is 0 Å². The Morgan fingerprint density at radius 1 is 1.07 bits per heavy atom. The lowest BCUT2D eigenvalue weighted by Crippen LogP contribution is -2.02. The van der Waals surface area contributed by atoms with E-state index in [9.17, 15) is 13.9 Å². The summed E-state index contributed by atoms with van der Waals surface area (Å²) >= 11 is 0. The van der Waals surface area contributed by atoms with Gasteiger partial charge in [-0.3, -0.25) is 5.10 Å². The van der Waals surface area contributed by atoms with Crippen molar-refractivity contribution in [1.82, 2.24) is 20.2 Å². The van der Waals surface area contributed by atoms with E-state index in [0.29, 0.717) is 33.5 Å². The lowest BCUT2D eigenvalue weighted by molar-refractivity contribution is 0.282. The molecule has 6 nitrogen and oxygen atoms in total. The van der Waals surface area contributed by atoms with Gasteiger partial charge in [0, 0.05) is 10.9 Å². The van der Waals surface area contributed by atoms with Crippen LogP contribution in [0.4, 0.5) is 20.4 Å². The number of aromatic nitrogens is 4. The number of aliphatic hydroxyl groups excluding tert-OH is 1. The zero-order valence-electron chi connectivity index (χ0n) is 14.3. The predicted molar refractivity (Wildman–Crippen MR) is 97.4 cm³/mol. The van der Waals surface area contributed by atoms with Crippen molar-refractivity contribution in [3.8, 4) is 11.4 Å². The highest BCUT2D eigenvalue weighted by Crippen LogP contribution is 2.29. The molecule has 4 rings (SSSR count). The minimum atomic E-state index is -0.513. The molecule has 0 spiro atoms. The van der Waals surface area contributed by atoms with Crippen LogP contribution in [0.1, 0.15) is 11.3 Å². The van der Waals surface area contributed by atoms with Crippen molar-refractivity contribution in [2.75, 3.05) is 5.32 Å². The van der Waals surface area contributed by atoms with E-state index in [2.05, 4.69) is 25.5 Å². The maximum absolute atomic E-state index is 14.2. The SMILES string of the molecule is Cc1[nH]nc(Nc2nc(-c3cc(F)ccc3CO)nc3ccccc23)c1F. The van der Waals surface area contributed by atoms with Crippen LogP contribution in [0.15, 0.2) is 42.5 Å². The van der Waals surface area contributed by atoms with Crippen LogP contribution in [0.5, 0.6) is 0 Å². The van der Waals surface area contributed by atoms with E-state index in [-0.39, 0.29) is 18.2 Å². The van der Waals surface area contributed by atoms with Gasteiger partial charge in [-0.25, -0.2) is 18.7 Å². The van der Waals surface area contributed by atoms with Gasteiger partial charge < -0.3 is 10.4 Å². The number of aromatic amines is 1. The zero-order chi connectivity index (χ0) is 19.0. The molecule has 2 aromatic heterocycles. The summed E-state index contributed by atoms with van der Waals surface area (Å²) in [4.78, 5) is 8.92. The van der Waals surface area contributed by atoms with Crippen molar-refractivity contribution in [3.05, 3.63) is 65.4 Å². The van der Waals surface area contributed by atoms with Gasteiger partial charge >= 0.3 is 0 Å². The van der Waals surface area contributed by atoms with Crippen LogP contribution in [-0.2, 0) is 6.61 Å². The fourth-order valence-corrected chi connectivity index (χ4v) is 2.80. The van der Waals surface area contributed by atoms with Gasteiger partial charge in [0.15, 0.2) is 17.5 Å². The van der Waals surface area contributed by atoms with Gasteiger partial charge in [0.1, 0.15) is 11.6 Å². The van der Waals surface area contributed by atoms with Crippen molar-refractivity contribution in [2.45, 2.75) is 13.5 Å². The van der Waals surface area contributed by atoms with Crippen molar-refractivity contribution < 1.29 is 13.9 Å². The van der Waals surface area contributed by atoms with E-state index in [1.54, 1.807) is 25.1 Å². The van der Waals surface area contributed by atoms with Crippen LogP contribution >= 0.6 is 0 Å². The van der Waals surface area contributed by atoms with E-state index in [0.717, 1.165) is 0 Å². The van der Waals surface area contributed by atoms with Gasteiger partial charge in [-0.15, -0.1) is 0 Å². The van der Waals surface area contributed by atoms with Gasteiger partial charge in [0.25, 0.3) is 0 Å². The molecule has 0 aliphatic rings. The molecule has 0 radical (unpaired) electrons. The molecule has 0 saturated heterocycles. The van der Waals surface area contributed by atoms with Crippen LogP contribution in [0.2, 0.25) is 0 Å². The van der Waals surface area contributed by atoms with Crippen LogP contribution in [0.25, 0.3) is 22.3 Å². The summed E-state index contributed by atoms with van der Waals surface area (Å²) < 4.78 is 27.9. The minimum Gasteiger partial charge on any atom is -0.392 e. The summed E-state index contributed by atoms with van der Waals surface area (Å²) in [6, 6.07) is 11.2. The molecule has 0 fully saturated rings. The maximum Gasteiger partial charge on any atom is 0.189 e. The van der Waals surface area contributed by atoms with Gasteiger partial charge in [-0.2, -0.15) is 5.10 Å². The molecule has 2 aromatic carbocycles. The molecule has 0 aliphatic heterocycles. The van der Waals surface area contributed by atoms with Crippen molar-refractivity contribution in [2.24, 2.45) is 0 Å². The van der Waals surface area contributed by atoms with E-state index in [1.807, 2.05) is 6.07 Å². The number of fused-ring (bicyclic) bond motifs is 1. The minimum absolute atomic E-state index is 0.00364. The average Bonchev–Trinajstić information content (AvgIpc) is 3.00. The fourth-order valence-electron chi connectivity index (χ4n) is 2.80. The Morgan fingerprint density at radius 2 is 1.89 bits per heavy atom. The summed E-state index contributed by atoms with van der Waals surface area (Å²) in [5.41, 5.74) is 1.74. The first kappa shape index (κ1) is 17.0. The first-order chi connectivity index (χ1) is 13.1. The van der Waals surface area contributed by atoms with Crippen molar-refractivity contribution in [3.63, 3.8) is 0 Å². The Bertz CT molecular complexity index is 1140. The molecule has 2 heterocycles. The first-order valence-corrected chi connectivity index (χ1v) is 8.20. The summed E-state index contributed by atoms with van der Waals surface area (Å²) in [5.74, 6) is -0.436. The summed E-state index contributed by atoms with van der Waals surface area (Å²) in [6.07, 6.45) is 0. The first-order valence-electron chi connectivity index (χ1n) is 8.20. The smallest absolute Gasteiger partial charge is 0.189 e. The largest absolute Gasteiger partial charge is 0.392 e. The molecule has 0 aliphatic carbocycles. The molecule has 27 heavy (non-hydrogen) atoms. The molecule has 3 N–H and O–H groups in total. The average molecular weight is 367 g/mol. The van der Waals surface area contributed by atoms with Crippen LogP contribution in [0.3, 0.4) is 0 Å². The molecule has 0 bridgehead atoms. The van der Waals surface area contributed by atoms with Gasteiger partial charge in [-0.05, 0) is 36.8 Å². The summed E-state index contributed by atoms with van der Waals surface area (Å²) in [5, 5.41) is 19.6. The maximum atomic E-state index is 14.2. The lowest BCUT2D eigenvalue weighted by atomic mass is 10.1. The third-order valence-corrected chi connectivity index (χ3v) is 4.20. The van der Waals surface area contributed by atoms with E-state index >= 15 is 0 Å². The number of nitrogens with zero attached hydrogens (tertiary/aromatic N) is 3. The molecule has 0 amide bonds. The number of rotatable bonds is 4. The summed E-state index contributed by atoms with van der Waals surface area (Å²) in [6.45, 7) is 1.28. The molecule has 0 atom stereocenters. The third-order valence-electron chi connectivity index (χ3n) is 4.20. The number of nitrogens with one attached hydrogen (secondary N) is 2. The van der Waals surface area contributed by atoms with Crippen LogP contribution in [-0.4, -0.2) is 25.3 Å². The number of hydrogen-bond donors (Lipinski definition) is 3. The number of aryl methyl sites for hydroxylation is 1. The number of para-hydroxylation sites is 1. The fraction of sp³-hybridized carbons (Fsp3) is 0.105. The van der Waals surface area contributed by atoms with Gasteiger partial charge in [-0.1, -0.05) is 18.2 Å². The van der Waals surface area contributed by atoms with E-state index < -0.39 is 11.6 Å². The monoisotopic (exact) mass is 367 g/mol. The Kier molecular flexibility index (Phi) is 4.25. The molecular weight excluding hydrogens is 352 g/mol. The second-order valence-corrected chi connectivity index (χ2v) is 6.01. The third kappa shape index (κ3) is 3.11. The number of hydrogen-bond acceptors (Lipinski definition) is 5. The molecule has 8 heteroatoms. The normalized spacial score (nSPS) is 11.1. The Hall–Kier alpha value is -3.39. The highest BCUT2D eigenvalue weighted by atomic mass is 19.1. The Balaban J connectivity index is 1.91. The number of H-pyrrole nitrogens is 1. The molecule has 4 aromatic rings. The number of anilines is 2. The lowest BCUT2D eigenvalue weighted by Gasteiger charge is -2.11. The topological polar surface area (TPSA) is 86.7 Å². The molecule has 136 valence electrons. The number of benzene rings is 2. The number of halogens is 2. The Morgan fingerprint density at radius 3 is 2.63 bits per heavy atom. The standard InChI is InChI=1S/C19H15F2N5O/c1-10-16(21)19(26-25-10)24-17-13-4-2-3-5-15(13)22-18(23-17)14-8-12(20)7-6-11(14)9-27/h2-8,27H,9H2,1H3,(H2,22,23,24,25,26). The zero-order valence-corrected chi connectivity index (χ0v) is 14.3. The quantitative estimate of drug-likeness (QED) is 0.510. The number of aliphatic hydroxyl groups is 1. The highest BCUT2D eigenvalue weighted by Gasteiger charge is 2.16. The summed E-state index contributed by atoms with van der Waals surface area (Å²) in [7, 11) is 0. The second-order valence-electron chi connectivity index (χ2n) is 6.01. The molecule has 0 unspecified atom stereocenters. The van der Waals surface area contributed by atoms with Crippen molar-refractivity contribution in [1.29, 1.82) is 0 Å². The van der Waals surface area contributed by atoms with Crippen molar-refractivity contribution >= 4 is 22.5 Å².